The molecule has 0 saturated carbocycles. The van der Waals surface area contributed by atoms with E-state index >= 15 is 0 Å². The number of hydrogen-bond donors (Lipinski definition) is 6. The first-order valence-electron chi connectivity index (χ1n) is 27.0. The summed E-state index contributed by atoms with van der Waals surface area (Å²) in [6.45, 7) is 19.9. The van der Waals surface area contributed by atoms with Crippen molar-refractivity contribution in [2.45, 2.75) is 125 Å². The molecule has 78 heavy (non-hydrogen) atoms. The number of anilines is 1. The fraction of sp³-hybridized carbons (Fsp3) is 0.466. The second-order valence-corrected chi connectivity index (χ2v) is 22.9. The van der Waals surface area contributed by atoms with Crippen LogP contribution >= 0.6 is 11.3 Å². The number of likely N-dealkylation sites (tertiary alicyclic amines) is 1. The monoisotopic (exact) mass is 1080 g/mol. The molecule has 2 aliphatic rings. The van der Waals surface area contributed by atoms with Gasteiger partial charge in [-0.2, -0.15) is 5.10 Å². The molecule has 0 unspecified atom stereocenters. The van der Waals surface area contributed by atoms with Gasteiger partial charge in [0.25, 0.3) is 11.5 Å². The predicted octanol–water partition coefficient (Wildman–Crippen LogP) is 5.95. The molecule has 3 atom stereocenters. The van der Waals surface area contributed by atoms with Crippen LogP contribution in [0, 0.1) is 26.2 Å². The number of carbonyl (C=O) groups excluding carboxylic acids is 5. The van der Waals surface area contributed by atoms with Crippen molar-refractivity contribution >= 4 is 57.6 Å². The van der Waals surface area contributed by atoms with Gasteiger partial charge in [0.1, 0.15) is 17.9 Å². The van der Waals surface area contributed by atoms with Gasteiger partial charge in [0.05, 0.1) is 39.5 Å². The van der Waals surface area contributed by atoms with E-state index in [4.69, 9.17) is 4.98 Å². The topological polar surface area (TPSA) is 240 Å². The number of benzene rings is 2. The summed E-state index contributed by atoms with van der Waals surface area (Å²) >= 11 is 1.57. The summed E-state index contributed by atoms with van der Waals surface area (Å²) in [5.41, 5.74) is 8.86. The van der Waals surface area contributed by atoms with Crippen molar-refractivity contribution in [1.82, 2.24) is 55.8 Å². The van der Waals surface area contributed by atoms with E-state index in [2.05, 4.69) is 46.1 Å². The van der Waals surface area contributed by atoms with E-state index in [9.17, 15) is 33.9 Å². The van der Waals surface area contributed by atoms with E-state index in [1.165, 1.54) is 4.90 Å². The van der Waals surface area contributed by atoms with Gasteiger partial charge in [-0.1, -0.05) is 45.0 Å². The van der Waals surface area contributed by atoms with Crippen LogP contribution < -0.4 is 31.7 Å². The first-order valence-corrected chi connectivity index (χ1v) is 27.9. The zero-order chi connectivity index (χ0) is 55.8. The summed E-state index contributed by atoms with van der Waals surface area (Å²) in [4.78, 5) is 99.1. The number of unbranched alkanes of at least 4 members (excludes halogenated alkanes) is 1. The Morgan fingerprint density at radius 1 is 0.833 bits per heavy atom. The molecule has 8 rings (SSSR count). The second-order valence-electron chi connectivity index (χ2n) is 22.0. The summed E-state index contributed by atoms with van der Waals surface area (Å²) in [5, 5.41) is 27.8. The van der Waals surface area contributed by atoms with Crippen molar-refractivity contribution in [2.75, 3.05) is 50.7 Å². The molecular formula is C58H74N12O7S. The van der Waals surface area contributed by atoms with Gasteiger partial charge in [-0.15, -0.1) is 11.3 Å². The Balaban J connectivity index is 0.750. The number of amides is 5. The highest BCUT2D eigenvalue weighted by atomic mass is 32.1. The van der Waals surface area contributed by atoms with Crippen LogP contribution in [0.2, 0.25) is 0 Å². The van der Waals surface area contributed by atoms with E-state index in [0.29, 0.717) is 37.1 Å². The average Bonchev–Trinajstić information content (AvgIpc) is 4.26. The largest absolute Gasteiger partial charge is 0.391 e. The summed E-state index contributed by atoms with van der Waals surface area (Å²) in [6.07, 6.45) is 4.12. The van der Waals surface area contributed by atoms with E-state index in [0.717, 1.165) is 87.0 Å². The standard InChI is InChI=1S/C58H74N12O7S/c1-35(2)70-47-27-42(26-44(46(47)32-64-70)54(74)62-31-45-36(3)25-37(4)65-55(45)75)41-17-18-49(60-30-41)68-23-21-67(22-24-68)20-19-59-50(72)11-9-10-12-51(73)66-53(58(6,7)8)57(77)69-33-43(71)28-48(69)56(76)61-29-39-13-15-40(16-14-39)52-38(5)63-34-78-52/h13-18,25-27,30,32,34-35,43,48,53,71H,9-12,19-24,28-29,31,33H2,1-8H3,(H,59,72)(H,61,76)(H,62,74)(H,65,75)(H,66,73)/t43-,48+,53-/m1/s1. The molecule has 2 aliphatic heterocycles. The molecule has 4 aromatic heterocycles. The maximum atomic E-state index is 14.1. The molecule has 19 nitrogen and oxygen atoms in total. The fourth-order valence-corrected chi connectivity index (χ4v) is 11.1. The number of aryl methyl sites for hydroxylation is 3. The molecule has 6 heterocycles. The number of carbonyl (C=O) groups is 5. The maximum Gasteiger partial charge on any atom is 0.253 e. The average molecular weight is 1080 g/mol. The summed E-state index contributed by atoms with van der Waals surface area (Å²) in [5.74, 6) is -0.647. The minimum atomic E-state index is -0.934. The highest BCUT2D eigenvalue weighted by molar-refractivity contribution is 7.13. The first kappa shape index (κ1) is 56.9. The molecule has 0 radical (unpaired) electrons. The van der Waals surface area contributed by atoms with Gasteiger partial charge < -0.3 is 41.2 Å². The van der Waals surface area contributed by atoms with Crippen molar-refractivity contribution in [3.8, 4) is 21.6 Å². The quantitative estimate of drug-likeness (QED) is 0.0486. The van der Waals surface area contributed by atoms with E-state index < -0.39 is 29.5 Å². The molecule has 0 aliphatic carbocycles. The molecule has 414 valence electrons. The van der Waals surface area contributed by atoms with E-state index in [1.807, 2.05) is 126 Å². The molecule has 20 heteroatoms. The second kappa shape index (κ2) is 25.0. The fourth-order valence-electron chi connectivity index (χ4n) is 10.2. The van der Waals surface area contributed by atoms with Crippen LogP contribution in [0.15, 0.2) is 77.3 Å². The van der Waals surface area contributed by atoms with Gasteiger partial charge in [0.15, 0.2) is 0 Å². The SMILES string of the molecule is Cc1cc(C)c(CNC(=O)c2cc(-c3ccc(N4CCN(CCNC(=O)CCCCC(=O)N[C@H](C(=O)N5C[C@H](O)C[C@H]5C(=O)NCc5ccc(-c6scnc6C)cc5)C(C)(C)C)CC4)nc3)cc3c2cnn3C(C)C)c(=O)[nH]1. The van der Waals surface area contributed by atoms with Crippen LogP contribution in [-0.2, 0) is 32.3 Å². The number of nitrogens with zero attached hydrogens (tertiary/aromatic N) is 7. The summed E-state index contributed by atoms with van der Waals surface area (Å²) < 4.78 is 1.90. The Morgan fingerprint density at radius 3 is 2.21 bits per heavy atom. The van der Waals surface area contributed by atoms with Gasteiger partial charge in [-0.25, -0.2) is 9.97 Å². The van der Waals surface area contributed by atoms with Crippen molar-refractivity contribution < 1.29 is 29.1 Å². The smallest absolute Gasteiger partial charge is 0.253 e. The zero-order valence-corrected chi connectivity index (χ0v) is 46.9. The highest BCUT2D eigenvalue weighted by Gasteiger charge is 2.44. The number of piperazine rings is 1. The number of hydrogen-bond acceptors (Lipinski definition) is 13. The molecule has 6 aromatic rings. The number of β-amino-alcohol motifs (C(OH)–C–C–N with tert-alkyl or cyclic N) is 1. The lowest BCUT2D eigenvalue weighted by atomic mass is 9.85. The van der Waals surface area contributed by atoms with Gasteiger partial charge in [-0.3, -0.25) is 38.3 Å². The van der Waals surface area contributed by atoms with Crippen LogP contribution in [0.25, 0.3) is 32.5 Å². The van der Waals surface area contributed by atoms with Crippen molar-refractivity contribution in [2.24, 2.45) is 5.41 Å². The minimum absolute atomic E-state index is 0.0122. The van der Waals surface area contributed by atoms with E-state index in [1.54, 1.807) is 17.5 Å². The molecule has 2 aromatic carbocycles. The van der Waals surface area contributed by atoms with Crippen molar-refractivity contribution in [1.29, 1.82) is 0 Å². The van der Waals surface area contributed by atoms with Crippen LogP contribution in [0.1, 0.15) is 111 Å². The van der Waals surface area contributed by atoms with Crippen LogP contribution in [-0.4, -0.2) is 133 Å². The molecular weight excluding hydrogens is 1010 g/mol. The Hall–Kier alpha value is -7.29. The van der Waals surface area contributed by atoms with Crippen LogP contribution in [0.5, 0.6) is 0 Å². The highest BCUT2D eigenvalue weighted by Crippen LogP contribution is 2.32. The number of aliphatic hydroxyl groups is 1. The number of rotatable bonds is 20. The Labute approximate surface area is 459 Å². The molecule has 0 spiro atoms. The Morgan fingerprint density at radius 2 is 1.55 bits per heavy atom. The number of aromatic nitrogens is 5. The number of nitrogens with one attached hydrogen (secondary N) is 5. The van der Waals surface area contributed by atoms with Gasteiger partial charge in [0.2, 0.25) is 23.6 Å². The number of pyridine rings is 2. The van der Waals surface area contributed by atoms with E-state index in [-0.39, 0.29) is 74.1 Å². The Bertz CT molecular complexity index is 3170. The molecule has 2 fully saturated rings. The van der Waals surface area contributed by atoms with Crippen LogP contribution in [0.3, 0.4) is 0 Å². The third-order valence-electron chi connectivity index (χ3n) is 14.7. The summed E-state index contributed by atoms with van der Waals surface area (Å²) in [6, 6.07) is 15.9. The predicted molar refractivity (Wildman–Crippen MR) is 303 cm³/mol. The number of aliphatic hydroxyl groups excluding tert-OH is 1. The normalized spacial score (nSPS) is 16.4. The number of fused-ring (bicyclic) bond motifs is 1. The summed E-state index contributed by atoms with van der Waals surface area (Å²) in [7, 11) is 0. The van der Waals surface area contributed by atoms with Crippen molar-refractivity contribution in [3.05, 3.63) is 116 Å². The maximum absolute atomic E-state index is 14.1. The van der Waals surface area contributed by atoms with Gasteiger partial charge in [-0.05, 0) is 105 Å². The molecule has 2 saturated heterocycles. The lowest BCUT2D eigenvalue weighted by Gasteiger charge is -2.35. The lowest BCUT2D eigenvalue weighted by Crippen LogP contribution is -2.57. The zero-order valence-electron chi connectivity index (χ0n) is 46.1. The van der Waals surface area contributed by atoms with Crippen LogP contribution in [0.4, 0.5) is 5.82 Å². The molecule has 0 bridgehead atoms. The first-order chi connectivity index (χ1) is 37.2. The minimum Gasteiger partial charge on any atom is -0.391 e. The number of thiazole rings is 1. The molecule has 6 N–H and O–H groups in total. The Kier molecular flexibility index (Phi) is 18.2. The third kappa shape index (κ3) is 13.9. The number of aromatic amines is 1. The van der Waals surface area contributed by atoms with Gasteiger partial charge in [0, 0.05) is 113 Å². The van der Waals surface area contributed by atoms with Crippen molar-refractivity contribution in [3.63, 3.8) is 0 Å². The van der Waals surface area contributed by atoms with Gasteiger partial charge >= 0.3 is 0 Å². The third-order valence-corrected chi connectivity index (χ3v) is 15.6. The lowest BCUT2D eigenvalue weighted by molar-refractivity contribution is -0.144. The number of H-pyrrole nitrogens is 1. The molecule has 5 amide bonds.